The number of carbonyl (C=O) groups is 2. The topological polar surface area (TPSA) is 49.4 Å². The van der Waals surface area contributed by atoms with Gasteiger partial charge in [-0.15, -0.1) is 0 Å². The largest absolute Gasteiger partial charge is 0.390 e. The molecule has 1 aliphatic carbocycles. The van der Waals surface area contributed by atoms with Gasteiger partial charge in [0.2, 0.25) is 11.8 Å². The van der Waals surface area contributed by atoms with Gasteiger partial charge in [0.05, 0.1) is 6.42 Å². The van der Waals surface area contributed by atoms with Crippen LogP contribution in [0.2, 0.25) is 0 Å². The van der Waals surface area contributed by atoms with Gasteiger partial charge in [0.15, 0.2) is 0 Å². The zero-order chi connectivity index (χ0) is 15.9. The van der Waals surface area contributed by atoms with Crippen molar-refractivity contribution in [1.29, 1.82) is 0 Å². The van der Waals surface area contributed by atoms with Crippen molar-refractivity contribution in [2.75, 3.05) is 6.54 Å². The van der Waals surface area contributed by atoms with Crippen LogP contribution in [0.5, 0.6) is 0 Å². The Hall–Kier alpha value is -1.27. The van der Waals surface area contributed by atoms with Crippen molar-refractivity contribution in [3.8, 4) is 0 Å². The molecule has 2 aliphatic rings. The quantitative estimate of drug-likeness (QED) is 0.870. The highest BCUT2D eigenvalue weighted by Crippen LogP contribution is 2.41. The van der Waals surface area contributed by atoms with Crippen molar-refractivity contribution in [2.24, 2.45) is 0 Å². The predicted molar refractivity (Wildman–Crippen MR) is 70.4 cm³/mol. The van der Waals surface area contributed by atoms with Gasteiger partial charge in [-0.2, -0.15) is 13.2 Å². The van der Waals surface area contributed by atoms with E-state index in [0.717, 1.165) is 12.8 Å². The van der Waals surface area contributed by atoms with E-state index in [9.17, 15) is 22.8 Å². The standard InChI is InChI=1S/C14H21F3N2O2/c1-3-12(2)11(21)19(9-8-14(15,16)17)13(10(20)18-12)6-4-5-7-13/h3-9H2,1-2H3,(H,18,20). The van der Waals surface area contributed by atoms with Gasteiger partial charge < -0.3 is 10.2 Å². The highest BCUT2D eigenvalue weighted by Gasteiger charge is 2.57. The molecule has 21 heavy (non-hydrogen) atoms. The fourth-order valence-electron chi connectivity index (χ4n) is 3.29. The average molecular weight is 306 g/mol. The Bertz CT molecular complexity index is 444. The molecule has 2 fully saturated rings. The Kier molecular flexibility index (Phi) is 3.97. The average Bonchev–Trinajstić information content (AvgIpc) is 2.86. The SMILES string of the molecule is CCC1(C)NC(=O)C2(CCCC2)N(CCC(F)(F)F)C1=O. The Morgan fingerprint density at radius 1 is 1.24 bits per heavy atom. The van der Waals surface area contributed by atoms with E-state index in [2.05, 4.69) is 5.32 Å². The van der Waals surface area contributed by atoms with Crippen LogP contribution in [-0.2, 0) is 9.59 Å². The Balaban J connectivity index is 2.32. The molecule has 1 unspecified atom stereocenters. The van der Waals surface area contributed by atoms with Crippen molar-refractivity contribution < 1.29 is 22.8 Å². The molecule has 1 spiro atoms. The minimum atomic E-state index is -4.34. The molecule has 1 saturated heterocycles. The molecule has 1 aliphatic heterocycles. The normalized spacial score (nSPS) is 29.1. The number of nitrogens with zero attached hydrogens (tertiary/aromatic N) is 1. The molecule has 1 atom stereocenters. The number of nitrogens with one attached hydrogen (secondary N) is 1. The molecule has 0 bridgehead atoms. The first-order valence-corrected chi connectivity index (χ1v) is 7.36. The van der Waals surface area contributed by atoms with Gasteiger partial charge in [-0.1, -0.05) is 19.8 Å². The van der Waals surface area contributed by atoms with Crippen LogP contribution in [0.25, 0.3) is 0 Å². The lowest BCUT2D eigenvalue weighted by molar-refractivity contribution is -0.170. The smallest absolute Gasteiger partial charge is 0.340 e. The first-order valence-electron chi connectivity index (χ1n) is 7.36. The number of alkyl halides is 3. The number of piperazine rings is 1. The van der Waals surface area contributed by atoms with Gasteiger partial charge in [-0.05, 0) is 26.2 Å². The van der Waals surface area contributed by atoms with E-state index in [1.807, 2.05) is 0 Å². The van der Waals surface area contributed by atoms with Crippen molar-refractivity contribution in [2.45, 2.75) is 69.6 Å². The number of amides is 2. The predicted octanol–water partition coefficient (Wildman–Crippen LogP) is 2.38. The molecular formula is C14H21F3N2O2. The molecule has 1 N–H and O–H groups in total. The minimum Gasteiger partial charge on any atom is -0.340 e. The van der Waals surface area contributed by atoms with E-state index < -0.39 is 36.1 Å². The molecular weight excluding hydrogens is 285 g/mol. The van der Waals surface area contributed by atoms with Crippen molar-refractivity contribution >= 4 is 11.8 Å². The van der Waals surface area contributed by atoms with Crippen molar-refractivity contribution in [3.05, 3.63) is 0 Å². The zero-order valence-corrected chi connectivity index (χ0v) is 12.3. The van der Waals surface area contributed by atoms with Gasteiger partial charge in [0.25, 0.3) is 0 Å². The van der Waals surface area contributed by atoms with Crippen LogP contribution >= 0.6 is 0 Å². The third kappa shape index (κ3) is 2.74. The van der Waals surface area contributed by atoms with Gasteiger partial charge in [0.1, 0.15) is 11.1 Å². The van der Waals surface area contributed by atoms with Crippen molar-refractivity contribution in [3.63, 3.8) is 0 Å². The number of hydrogen-bond acceptors (Lipinski definition) is 2. The van der Waals surface area contributed by atoms with Crippen LogP contribution in [0, 0.1) is 0 Å². The summed E-state index contributed by atoms with van der Waals surface area (Å²) in [7, 11) is 0. The number of rotatable bonds is 3. The fraction of sp³-hybridized carbons (Fsp3) is 0.857. The van der Waals surface area contributed by atoms with Crippen LogP contribution in [-0.4, -0.2) is 40.5 Å². The summed E-state index contributed by atoms with van der Waals surface area (Å²) >= 11 is 0. The zero-order valence-electron chi connectivity index (χ0n) is 12.3. The highest BCUT2D eigenvalue weighted by atomic mass is 19.4. The Labute approximate surface area is 122 Å². The minimum absolute atomic E-state index is 0.300. The second-order valence-corrected chi connectivity index (χ2v) is 6.20. The lowest BCUT2D eigenvalue weighted by Crippen LogP contribution is -2.74. The number of carbonyl (C=O) groups excluding carboxylic acids is 2. The maximum atomic E-state index is 12.6. The van der Waals surface area contributed by atoms with E-state index in [0.29, 0.717) is 19.3 Å². The molecule has 120 valence electrons. The Morgan fingerprint density at radius 2 is 1.81 bits per heavy atom. The highest BCUT2D eigenvalue weighted by molar-refractivity contribution is 6.02. The third-order valence-corrected chi connectivity index (χ3v) is 4.80. The maximum absolute atomic E-state index is 12.6. The molecule has 4 nitrogen and oxygen atoms in total. The second-order valence-electron chi connectivity index (χ2n) is 6.20. The van der Waals surface area contributed by atoms with Crippen LogP contribution < -0.4 is 5.32 Å². The summed E-state index contributed by atoms with van der Waals surface area (Å²) in [6.45, 7) is 2.88. The van der Waals surface area contributed by atoms with Gasteiger partial charge in [-0.3, -0.25) is 9.59 Å². The van der Waals surface area contributed by atoms with E-state index in [-0.39, 0.29) is 5.91 Å². The third-order valence-electron chi connectivity index (χ3n) is 4.80. The van der Waals surface area contributed by atoms with E-state index >= 15 is 0 Å². The molecule has 2 rings (SSSR count). The molecule has 0 aromatic heterocycles. The Morgan fingerprint density at radius 3 is 2.29 bits per heavy atom. The summed E-state index contributed by atoms with van der Waals surface area (Å²) in [5.41, 5.74) is -2.17. The van der Waals surface area contributed by atoms with Crippen LogP contribution in [0.1, 0.15) is 52.4 Å². The van der Waals surface area contributed by atoms with Crippen LogP contribution in [0.15, 0.2) is 0 Å². The monoisotopic (exact) mass is 306 g/mol. The summed E-state index contributed by atoms with van der Waals surface area (Å²) in [5, 5.41) is 2.74. The van der Waals surface area contributed by atoms with Crippen molar-refractivity contribution in [1.82, 2.24) is 10.2 Å². The van der Waals surface area contributed by atoms with Gasteiger partial charge >= 0.3 is 6.18 Å². The summed E-state index contributed by atoms with van der Waals surface area (Å²) in [6, 6.07) is 0. The molecule has 0 radical (unpaired) electrons. The van der Waals surface area contributed by atoms with Crippen LogP contribution in [0.3, 0.4) is 0 Å². The second kappa shape index (κ2) is 5.18. The lowest BCUT2D eigenvalue weighted by atomic mass is 9.83. The van der Waals surface area contributed by atoms with Gasteiger partial charge in [0, 0.05) is 6.54 Å². The number of halogens is 3. The summed E-state index contributed by atoms with van der Waals surface area (Å²) in [5.74, 6) is -0.693. The molecule has 2 amide bonds. The maximum Gasteiger partial charge on any atom is 0.390 e. The van der Waals surface area contributed by atoms with Crippen LogP contribution in [0.4, 0.5) is 13.2 Å². The first kappa shape index (κ1) is 16.1. The number of hydrogen-bond donors (Lipinski definition) is 1. The molecule has 1 saturated carbocycles. The summed E-state index contributed by atoms with van der Waals surface area (Å²) in [6.07, 6.45) is -2.65. The lowest BCUT2D eigenvalue weighted by Gasteiger charge is -2.50. The molecule has 7 heteroatoms. The molecule has 1 heterocycles. The first-order chi connectivity index (χ1) is 9.65. The summed E-state index contributed by atoms with van der Waals surface area (Å²) in [4.78, 5) is 26.3. The molecule has 0 aromatic rings. The molecule has 0 aromatic carbocycles. The van der Waals surface area contributed by atoms with Gasteiger partial charge in [-0.25, -0.2) is 0 Å². The van der Waals surface area contributed by atoms with E-state index in [1.54, 1.807) is 13.8 Å². The fourth-order valence-corrected chi connectivity index (χ4v) is 3.29. The van der Waals surface area contributed by atoms with E-state index in [4.69, 9.17) is 0 Å². The van der Waals surface area contributed by atoms with E-state index in [1.165, 1.54) is 4.90 Å². The summed E-state index contributed by atoms with van der Waals surface area (Å²) < 4.78 is 37.6.